The van der Waals surface area contributed by atoms with Gasteiger partial charge in [0.2, 0.25) is 5.43 Å². The van der Waals surface area contributed by atoms with Crippen molar-refractivity contribution in [1.82, 2.24) is 14.8 Å². The molecular formula is C33H29F2N3O6. The molecule has 1 N–H and O–H groups in total. The van der Waals surface area contributed by atoms with E-state index in [9.17, 15) is 23.2 Å². The molecule has 0 saturated carbocycles. The molecule has 9 nitrogen and oxygen atoms in total. The second-order valence-electron chi connectivity index (χ2n) is 10.5. The molecule has 2 amide bonds. The number of hydrogen-bond donors (Lipinski definition) is 1. The minimum absolute atomic E-state index is 0.00173. The number of aromatic nitrogens is 1. The fourth-order valence-electron chi connectivity index (χ4n) is 5.33. The van der Waals surface area contributed by atoms with Crippen LogP contribution in [0.2, 0.25) is 0 Å². The molecule has 2 unspecified atom stereocenters. The highest BCUT2D eigenvalue weighted by molar-refractivity contribution is 5.99. The van der Waals surface area contributed by atoms with Crippen LogP contribution in [0.3, 0.4) is 0 Å². The molecule has 2 aliphatic heterocycles. The van der Waals surface area contributed by atoms with Crippen molar-refractivity contribution in [2.45, 2.75) is 38.6 Å². The monoisotopic (exact) mass is 601 g/mol. The Bertz CT molecular complexity index is 1730. The van der Waals surface area contributed by atoms with E-state index >= 15 is 0 Å². The normalized spacial score (nSPS) is 17.2. The van der Waals surface area contributed by atoms with Crippen molar-refractivity contribution in [3.63, 3.8) is 0 Å². The highest BCUT2D eigenvalue weighted by Gasteiger charge is 2.45. The standard InChI is InChI=1S/C33H29F2N3O6/c34-24-12-11-23(27(35)13-24)14-36-32(40)26-15-37-16-28-38(25(20-43-28)19-42-17-21-7-3-1-4-8-21)33(41)29(37)31(30(26)39)44-18-22-9-5-2-6-10-22/h1-13,15,25,28H,14,16-20H2,(H,36,40). The second-order valence-corrected chi connectivity index (χ2v) is 10.5. The molecule has 3 heterocycles. The van der Waals surface area contributed by atoms with Gasteiger partial charge >= 0.3 is 0 Å². The first-order chi connectivity index (χ1) is 21.4. The van der Waals surface area contributed by atoms with Gasteiger partial charge in [-0.3, -0.25) is 14.4 Å². The Hall–Kier alpha value is -4.87. The SMILES string of the molecule is O=C(NCc1ccc(F)cc1F)c1cn2c(c(OCc3ccccc3)c1=O)C(=O)N1C(COCc3ccccc3)COC1C2. The van der Waals surface area contributed by atoms with Crippen LogP contribution in [0.1, 0.15) is 37.5 Å². The lowest BCUT2D eigenvalue weighted by atomic mass is 10.1. The van der Waals surface area contributed by atoms with E-state index in [-0.39, 0.29) is 55.5 Å². The summed E-state index contributed by atoms with van der Waals surface area (Å²) in [5, 5.41) is 2.51. The Morgan fingerprint density at radius 3 is 2.36 bits per heavy atom. The van der Waals surface area contributed by atoms with E-state index in [0.717, 1.165) is 17.2 Å². The second kappa shape index (κ2) is 12.8. The molecule has 1 fully saturated rings. The van der Waals surface area contributed by atoms with Gasteiger partial charge in [-0.15, -0.1) is 0 Å². The Labute approximate surface area is 251 Å². The van der Waals surface area contributed by atoms with Crippen molar-refractivity contribution >= 4 is 11.8 Å². The molecule has 2 aliphatic rings. The molecule has 2 atom stereocenters. The third-order valence-corrected chi connectivity index (χ3v) is 7.56. The Morgan fingerprint density at radius 1 is 0.955 bits per heavy atom. The fourth-order valence-corrected chi connectivity index (χ4v) is 5.33. The molecule has 0 spiro atoms. The third kappa shape index (κ3) is 6.10. The zero-order valence-corrected chi connectivity index (χ0v) is 23.6. The summed E-state index contributed by atoms with van der Waals surface area (Å²) in [6.45, 7) is 0.668. The average molecular weight is 602 g/mol. The molecule has 1 aromatic heterocycles. The lowest BCUT2D eigenvalue weighted by molar-refractivity contribution is 0.000154. The number of rotatable bonds is 10. The van der Waals surface area contributed by atoms with Gasteiger partial charge < -0.3 is 29.0 Å². The van der Waals surface area contributed by atoms with Crippen LogP contribution in [-0.4, -0.2) is 46.8 Å². The topological polar surface area (TPSA) is 99.1 Å². The van der Waals surface area contributed by atoms with Gasteiger partial charge in [0, 0.05) is 24.4 Å². The van der Waals surface area contributed by atoms with Crippen LogP contribution in [0.15, 0.2) is 89.9 Å². The van der Waals surface area contributed by atoms with Crippen molar-refractivity contribution in [3.8, 4) is 5.75 Å². The molecule has 6 rings (SSSR count). The number of halogens is 2. The number of amides is 2. The molecule has 3 aromatic carbocycles. The molecule has 44 heavy (non-hydrogen) atoms. The van der Waals surface area contributed by atoms with Gasteiger partial charge in [0.1, 0.15) is 23.8 Å². The van der Waals surface area contributed by atoms with Gasteiger partial charge in [-0.05, 0) is 17.2 Å². The van der Waals surface area contributed by atoms with Crippen molar-refractivity contribution in [2.24, 2.45) is 0 Å². The smallest absolute Gasteiger partial charge is 0.277 e. The minimum Gasteiger partial charge on any atom is -0.483 e. The summed E-state index contributed by atoms with van der Waals surface area (Å²) in [6.07, 6.45) is 0.648. The van der Waals surface area contributed by atoms with E-state index in [1.807, 2.05) is 60.7 Å². The minimum atomic E-state index is -0.828. The number of carbonyl (C=O) groups is 2. The van der Waals surface area contributed by atoms with Crippen LogP contribution in [0.4, 0.5) is 8.78 Å². The maximum absolute atomic E-state index is 14.2. The number of ether oxygens (including phenoxy) is 3. The molecule has 0 radical (unpaired) electrons. The molecule has 0 bridgehead atoms. The lowest BCUT2D eigenvalue weighted by Gasteiger charge is -2.35. The van der Waals surface area contributed by atoms with E-state index in [2.05, 4.69) is 5.32 Å². The van der Waals surface area contributed by atoms with Crippen LogP contribution >= 0.6 is 0 Å². The van der Waals surface area contributed by atoms with E-state index in [1.54, 1.807) is 4.90 Å². The summed E-state index contributed by atoms with van der Waals surface area (Å²) in [6, 6.07) is 21.4. The van der Waals surface area contributed by atoms with Gasteiger partial charge in [-0.1, -0.05) is 66.7 Å². The van der Waals surface area contributed by atoms with Crippen molar-refractivity contribution < 1.29 is 32.6 Å². The summed E-state index contributed by atoms with van der Waals surface area (Å²) in [7, 11) is 0. The van der Waals surface area contributed by atoms with Gasteiger partial charge in [0.25, 0.3) is 11.8 Å². The third-order valence-electron chi connectivity index (χ3n) is 7.56. The first-order valence-electron chi connectivity index (χ1n) is 14.1. The van der Waals surface area contributed by atoms with Crippen LogP contribution in [0.25, 0.3) is 0 Å². The molecule has 1 saturated heterocycles. The number of nitrogens with one attached hydrogen (secondary N) is 1. The largest absolute Gasteiger partial charge is 0.483 e. The first-order valence-corrected chi connectivity index (χ1v) is 14.1. The maximum atomic E-state index is 14.2. The van der Waals surface area contributed by atoms with Crippen molar-refractivity contribution in [2.75, 3.05) is 13.2 Å². The predicted molar refractivity (Wildman–Crippen MR) is 155 cm³/mol. The van der Waals surface area contributed by atoms with Crippen LogP contribution < -0.4 is 15.5 Å². The highest BCUT2D eigenvalue weighted by Crippen LogP contribution is 2.31. The number of hydrogen-bond acceptors (Lipinski definition) is 6. The summed E-state index contributed by atoms with van der Waals surface area (Å²) >= 11 is 0. The van der Waals surface area contributed by atoms with Gasteiger partial charge in [-0.2, -0.15) is 0 Å². The Balaban J connectivity index is 1.27. The number of benzene rings is 3. The van der Waals surface area contributed by atoms with Crippen LogP contribution in [0.5, 0.6) is 5.75 Å². The van der Waals surface area contributed by atoms with E-state index in [0.29, 0.717) is 12.7 Å². The van der Waals surface area contributed by atoms with Crippen molar-refractivity contribution in [1.29, 1.82) is 0 Å². The van der Waals surface area contributed by atoms with Crippen LogP contribution in [0, 0.1) is 11.6 Å². The zero-order chi connectivity index (χ0) is 30.6. The lowest BCUT2D eigenvalue weighted by Crippen LogP contribution is -2.51. The van der Waals surface area contributed by atoms with E-state index < -0.39 is 41.1 Å². The van der Waals surface area contributed by atoms with E-state index in [1.165, 1.54) is 16.8 Å². The quantitative estimate of drug-likeness (QED) is 0.295. The Kier molecular flexibility index (Phi) is 8.49. The molecule has 226 valence electrons. The van der Waals surface area contributed by atoms with E-state index in [4.69, 9.17) is 14.2 Å². The number of carbonyl (C=O) groups excluding carboxylic acids is 2. The van der Waals surface area contributed by atoms with Crippen LogP contribution in [-0.2, 0) is 35.8 Å². The molecule has 11 heteroatoms. The first kappa shape index (κ1) is 29.2. The summed E-state index contributed by atoms with van der Waals surface area (Å²) in [5.74, 6) is -3.12. The summed E-state index contributed by atoms with van der Waals surface area (Å²) < 4.78 is 46.8. The molecule has 0 aliphatic carbocycles. The summed E-state index contributed by atoms with van der Waals surface area (Å²) in [4.78, 5) is 42.5. The highest BCUT2D eigenvalue weighted by atomic mass is 19.1. The zero-order valence-electron chi connectivity index (χ0n) is 23.6. The number of nitrogens with zero attached hydrogens (tertiary/aromatic N) is 2. The fraction of sp³-hybridized carbons (Fsp3) is 0.242. The van der Waals surface area contributed by atoms with Crippen molar-refractivity contribution in [3.05, 3.63) is 135 Å². The average Bonchev–Trinajstić information content (AvgIpc) is 3.44. The van der Waals surface area contributed by atoms with Gasteiger partial charge in [0.15, 0.2) is 17.7 Å². The molecule has 4 aromatic rings. The number of fused-ring (bicyclic) bond motifs is 2. The number of pyridine rings is 1. The van der Waals surface area contributed by atoms with Gasteiger partial charge in [0.05, 0.1) is 32.4 Å². The Morgan fingerprint density at radius 2 is 1.66 bits per heavy atom. The molecular weight excluding hydrogens is 572 g/mol. The summed E-state index contributed by atoms with van der Waals surface area (Å²) in [5.41, 5.74) is 0.722. The maximum Gasteiger partial charge on any atom is 0.277 e. The van der Waals surface area contributed by atoms with Gasteiger partial charge in [-0.25, -0.2) is 8.78 Å². The predicted octanol–water partition coefficient (Wildman–Crippen LogP) is 4.03.